The number of rotatable bonds is 4. The van der Waals surface area contributed by atoms with Crippen molar-refractivity contribution in [2.75, 3.05) is 19.0 Å². The third-order valence-corrected chi connectivity index (χ3v) is 3.01. The van der Waals surface area contributed by atoms with Crippen LogP contribution in [0.25, 0.3) is 0 Å². The van der Waals surface area contributed by atoms with Gasteiger partial charge in [0, 0.05) is 12.7 Å². The molecule has 2 heterocycles. The third-order valence-electron chi connectivity index (χ3n) is 2.82. The minimum Gasteiger partial charge on any atom is -0.481 e. The standard InChI is InChI=1S/C12H16ClN3O3/c1-18-11-7-9(13)14-12(16-11)15-10(17)6-8-4-2-3-5-19-8/h7-8H,2-6H2,1H3,(H,14,15,16,17). The van der Waals surface area contributed by atoms with Crippen molar-refractivity contribution in [2.24, 2.45) is 0 Å². The molecule has 1 amide bonds. The quantitative estimate of drug-likeness (QED) is 0.857. The molecule has 19 heavy (non-hydrogen) atoms. The zero-order chi connectivity index (χ0) is 13.7. The second kappa shape index (κ2) is 6.68. The fraction of sp³-hybridized carbons (Fsp3) is 0.583. The second-order valence-corrected chi connectivity index (χ2v) is 4.68. The molecule has 1 aliphatic heterocycles. The van der Waals surface area contributed by atoms with Crippen LogP contribution in [-0.2, 0) is 9.53 Å². The summed E-state index contributed by atoms with van der Waals surface area (Å²) in [5.74, 6) is 0.269. The van der Waals surface area contributed by atoms with Crippen molar-refractivity contribution in [1.29, 1.82) is 0 Å². The molecule has 1 aliphatic rings. The zero-order valence-electron chi connectivity index (χ0n) is 10.7. The SMILES string of the molecule is COc1cc(Cl)nc(NC(=O)CC2CCCCO2)n1. The third kappa shape index (κ3) is 4.33. The van der Waals surface area contributed by atoms with Gasteiger partial charge >= 0.3 is 0 Å². The van der Waals surface area contributed by atoms with Gasteiger partial charge < -0.3 is 9.47 Å². The minimum absolute atomic E-state index is 0.0187. The number of methoxy groups -OCH3 is 1. The molecular weight excluding hydrogens is 270 g/mol. The lowest BCUT2D eigenvalue weighted by atomic mass is 10.1. The first-order valence-corrected chi connectivity index (χ1v) is 6.55. The number of nitrogens with zero attached hydrogens (tertiary/aromatic N) is 2. The van der Waals surface area contributed by atoms with Crippen LogP contribution >= 0.6 is 11.6 Å². The maximum atomic E-state index is 11.8. The second-order valence-electron chi connectivity index (χ2n) is 4.30. The predicted molar refractivity (Wildman–Crippen MR) is 70.4 cm³/mol. The number of hydrogen-bond acceptors (Lipinski definition) is 5. The highest BCUT2D eigenvalue weighted by Crippen LogP contribution is 2.18. The molecule has 1 saturated heterocycles. The van der Waals surface area contributed by atoms with Crippen molar-refractivity contribution in [1.82, 2.24) is 9.97 Å². The zero-order valence-corrected chi connectivity index (χ0v) is 11.4. The van der Waals surface area contributed by atoms with E-state index in [1.165, 1.54) is 13.2 Å². The summed E-state index contributed by atoms with van der Waals surface area (Å²) in [6, 6.07) is 1.47. The highest BCUT2D eigenvalue weighted by molar-refractivity contribution is 6.29. The van der Waals surface area contributed by atoms with E-state index in [-0.39, 0.29) is 23.1 Å². The Labute approximate surface area is 116 Å². The summed E-state index contributed by atoms with van der Waals surface area (Å²) in [6.07, 6.45) is 3.35. The van der Waals surface area contributed by atoms with Gasteiger partial charge in [0.15, 0.2) is 0 Å². The number of hydrogen-bond donors (Lipinski definition) is 1. The summed E-state index contributed by atoms with van der Waals surface area (Å²) < 4.78 is 10.5. The average molecular weight is 286 g/mol. The first-order chi connectivity index (χ1) is 9.17. The maximum Gasteiger partial charge on any atom is 0.234 e. The van der Waals surface area contributed by atoms with Crippen LogP contribution in [0.2, 0.25) is 5.15 Å². The first-order valence-electron chi connectivity index (χ1n) is 6.17. The molecule has 0 bridgehead atoms. The molecule has 2 rings (SSSR count). The van der Waals surface area contributed by atoms with Gasteiger partial charge in [0.25, 0.3) is 0 Å². The van der Waals surface area contributed by atoms with Crippen LogP contribution in [0.4, 0.5) is 5.95 Å². The monoisotopic (exact) mass is 285 g/mol. The number of halogens is 1. The van der Waals surface area contributed by atoms with E-state index in [1.54, 1.807) is 0 Å². The van der Waals surface area contributed by atoms with Crippen molar-refractivity contribution in [3.8, 4) is 5.88 Å². The number of carbonyl (C=O) groups is 1. The van der Waals surface area contributed by atoms with Crippen LogP contribution < -0.4 is 10.1 Å². The summed E-state index contributed by atoms with van der Waals surface area (Å²) in [5.41, 5.74) is 0. The molecule has 0 aromatic carbocycles. The van der Waals surface area contributed by atoms with Crippen molar-refractivity contribution < 1.29 is 14.3 Å². The molecule has 7 heteroatoms. The molecule has 104 valence electrons. The molecule has 1 aromatic rings. The number of aromatic nitrogens is 2. The Kier molecular flexibility index (Phi) is 4.93. The van der Waals surface area contributed by atoms with Gasteiger partial charge in [0.05, 0.1) is 19.6 Å². The van der Waals surface area contributed by atoms with Gasteiger partial charge in [-0.2, -0.15) is 4.98 Å². The number of anilines is 1. The van der Waals surface area contributed by atoms with Crippen LogP contribution in [0.5, 0.6) is 5.88 Å². The van der Waals surface area contributed by atoms with Crippen molar-refractivity contribution in [2.45, 2.75) is 31.8 Å². The highest BCUT2D eigenvalue weighted by Gasteiger charge is 2.18. The normalized spacial score (nSPS) is 18.9. The summed E-state index contributed by atoms with van der Waals surface area (Å²) in [4.78, 5) is 19.7. The first kappa shape index (κ1) is 14.0. The average Bonchev–Trinajstić information content (AvgIpc) is 2.38. The Morgan fingerprint density at radius 3 is 3.11 bits per heavy atom. The highest BCUT2D eigenvalue weighted by atomic mass is 35.5. The molecule has 1 aromatic heterocycles. The fourth-order valence-electron chi connectivity index (χ4n) is 1.91. The predicted octanol–water partition coefficient (Wildman–Crippen LogP) is 2.04. The Morgan fingerprint density at radius 1 is 1.58 bits per heavy atom. The summed E-state index contributed by atoms with van der Waals surface area (Å²) >= 11 is 5.80. The van der Waals surface area contributed by atoms with Crippen LogP contribution in [0, 0.1) is 0 Å². The molecule has 6 nitrogen and oxygen atoms in total. The lowest BCUT2D eigenvalue weighted by Crippen LogP contribution is -2.26. The van der Waals surface area contributed by atoms with Gasteiger partial charge in [-0.1, -0.05) is 11.6 Å². The van der Waals surface area contributed by atoms with Gasteiger partial charge in [-0.25, -0.2) is 4.98 Å². The number of amides is 1. The van der Waals surface area contributed by atoms with Crippen LogP contribution in [0.1, 0.15) is 25.7 Å². The van der Waals surface area contributed by atoms with E-state index >= 15 is 0 Å². The minimum atomic E-state index is -0.184. The Morgan fingerprint density at radius 2 is 2.42 bits per heavy atom. The molecular formula is C12H16ClN3O3. The number of nitrogens with one attached hydrogen (secondary N) is 1. The van der Waals surface area contributed by atoms with E-state index in [1.807, 2.05) is 0 Å². The molecule has 0 spiro atoms. The van der Waals surface area contributed by atoms with Gasteiger partial charge in [0.2, 0.25) is 17.7 Å². The van der Waals surface area contributed by atoms with E-state index in [2.05, 4.69) is 15.3 Å². The van der Waals surface area contributed by atoms with Crippen LogP contribution in [0.3, 0.4) is 0 Å². The molecule has 1 atom stereocenters. The van der Waals surface area contributed by atoms with Crippen LogP contribution in [0.15, 0.2) is 6.07 Å². The van der Waals surface area contributed by atoms with Crippen molar-refractivity contribution in [3.05, 3.63) is 11.2 Å². The molecule has 0 saturated carbocycles. The maximum absolute atomic E-state index is 11.8. The van der Waals surface area contributed by atoms with E-state index in [0.29, 0.717) is 12.3 Å². The smallest absolute Gasteiger partial charge is 0.234 e. The van der Waals surface area contributed by atoms with Gasteiger partial charge in [-0.15, -0.1) is 0 Å². The summed E-state index contributed by atoms with van der Waals surface area (Å²) in [5, 5.41) is 2.82. The molecule has 0 aliphatic carbocycles. The van der Waals surface area contributed by atoms with Crippen LogP contribution in [-0.4, -0.2) is 35.7 Å². The van der Waals surface area contributed by atoms with Gasteiger partial charge in [-0.3, -0.25) is 10.1 Å². The lowest BCUT2D eigenvalue weighted by Gasteiger charge is -2.21. The molecule has 0 radical (unpaired) electrons. The van der Waals surface area contributed by atoms with E-state index in [0.717, 1.165) is 25.9 Å². The van der Waals surface area contributed by atoms with Gasteiger partial charge in [-0.05, 0) is 19.3 Å². The van der Waals surface area contributed by atoms with E-state index < -0.39 is 0 Å². The topological polar surface area (TPSA) is 73.3 Å². The summed E-state index contributed by atoms with van der Waals surface area (Å²) in [7, 11) is 1.47. The lowest BCUT2D eigenvalue weighted by molar-refractivity contribution is -0.119. The molecule has 1 fully saturated rings. The van der Waals surface area contributed by atoms with Crippen molar-refractivity contribution in [3.63, 3.8) is 0 Å². The number of carbonyl (C=O) groups excluding carboxylic acids is 1. The number of ether oxygens (including phenoxy) is 2. The molecule has 1 N–H and O–H groups in total. The summed E-state index contributed by atoms with van der Waals surface area (Å²) in [6.45, 7) is 0.722. The van der Waals surface area contributed by atoms with Gasteiger partial charge in [0.1, 0.15) is 5.15 Å². The Bertz CT molecular complexity index is 450. The Hall–Kier alpha value is -1.40. The largest absolute Gasteiger partial charge is 0.481 e. The van der Waals surface area contributed by atoms with Crippen molar-refractivity contribution >= 4 is 23.5 Å². The van der Waals surface area contributed by atoms with E-state index in [4.69, 9.17) is 21.1 Å². The Balaban J connectivity index is 1.92. The fourth-order valence-corrected chi connectivity index (χ4v) is 2.08. The molecule has 1 unspecified atom stereocenters. The van der Waals surface area contributed by atoms with E-state index in [9.17, 15) is 4.79 Å².